The second-order valence-electron chi connectivity index (χ2n) is 8.58. The van der Waals surface area contributed by atoms with Crippen LogP contribution in [0.3, 0.4) is 0 Å². The molecule has 6 heterocycles. The van der Waals surface area contributed by atoms with Crippen LogP contribution in [-0.4, -0.2) is 46.4 Å². The second-order valence-corrected chi connectivity index (χ2v) is 9.63. The molecule has 13 heteroatoms. The van der Waals surface area contributed by atoms with E-state index in [2.05, 4.69) is 15.0 Å². The van der Waals surface area contributed by atoms with Crippen LogP contribution >= 0.6 is 11.3 Å². The van der Waals surface area contributed by atoms with Gasteiger partial charge in [-0.15, -0.1) is 11.3 Å². The summed E-state index contributed by atoms with van der Waals surface area (Å²) in [5.74, 6) is -1.44. The Labute approximate surface area is 204 Å². The molecule has 0 saturated carbocycles. The number of amides is 1. The second kappa shape index (κ2) is 7.50. The van der Waals surface area contributed by atoms with Gasteiger partial charge in [-0.05, 0) is 11.1 Å². The van der Waals surface area contributed by atoms with E-state index in [4.69, 9.17) is 19.9 Å². The molecule has 2 fully saturated rings. The van der Waals surface area contributed by atoms with Gasteiger partial charge in [0.15, 0.2) is 17.7 Å². The number of hydrogen-bond acceptors (Lipinski definition) is 10. The van der Waals surface area contributed by atoms with Crippen LogP contribution < -0.4 is 10.6 Å². The number of nitrogen functional groups attached to an aromatic ring is 1. The van der Waals surface area contributed by atoms with Gasteiger partial charge in [-0.1, -0.05) is 0 Å². The van der Waals surface area contributed by atoms with Crippen molar-refractivity contribution >= 4 is 49.4 Å². The minimum Gasteiger partial charge on any atom is -0.441 e. The zero-order valence-corrected chi connectivity index (χ0v) is 19.1. The molecule has 36 heavy (non-hydrogen) atoms. The molecule has 180 valence electrons. The number of ether oxygens (including phenoxy) is 3. The molecule has 3 aromatic heterocycles. The Balaban J connectivity index is 1.51. The van der Waals surface area contributed by atoms with Gasteiger partial charge in [0.25, 0.3) is 0 Å². The molecule has 2 atom stereocenters. The number of hydrogen-bond donors (Lipinski definition) is 1. The third-order valence-corrected chi connectivity index (χ3v) is 7.76. The number of nitrogens with zero attached hydrogens (tertiary/aromatic N) is 5. The lowest BCUT2D eigenvalue weighted by Crippen LogP contribution is -2.37. The van der Waals surface area contributed by atoms with Crippen LogP contribution in [0.1, 0.15) is 16.7 Å². The molecular weight excluding hydrogens is 494 g/mol. The number of thiophene rings is 1. The maximum Gasteiger partial charge on any atom is 0.417 e. The van der Waals surface area contributed by atoms with Crippen LogP contribution in [0.5, 0.6) is 0 Å². The molecule has 0 radical (unpaired) electrons. The lowest BCUT2D eigenvalue weighted by atomic mass is 9.94. The van der Waals surface area contributed by atoms with Crippen molar-refractivity contribution in [1.82, 2.24) is 15.0 Å². The molecule has 1 aromatic carbocycles. The first-order chi connectivity index (χ1) is 17.5. The number of rotatable bonds is 2. The van der Waals surface area contributed by atoms with E-state index in [0.717, 1.165) is 17.5 Å². The smallest absolute Gasteiger partial charge is 0.417 e. The Morgan fingerprint density at radius 2 is 2.00 bits per heavy atom. The minimum atomic E-state index is -0.751. The van der Waals surface area contributed by atoms with Crippen LogP contribution in [0.15, 0.2) is 12.4 Å². The summed E-state index contributed by atoms with van der Waals surface area (Å²) in [7, 11) is 0. The first kappa shape index (κ1) is 21.3. The lowest BCUT2D eigenvalue weighted by molar-refractivity contribution is 0.102. The summed E-state index contributed by atoms with van der Waals surface area (Å²) in [6, 6.07) is 1.57. The number of fused-ring (bicyclic) bond motifs is 5. The van der Waals surface area contributed by atoms with Crippen molar-refractivity contribution in [3.8, 4) is 17.3 Å². The van der Waals surface area contributed by atoms with Gasteiger partial charge in [-0.2, -0.15) is 5.26 Å². The number of anilines is 2. The number of benzene rings is 1. The van der Waals surface area contributed by atoms with Crippen LogP contribution in [0.4, 0.5) is 24.5 Å². The Kier molecular flexibility index (Phi) is 4.44. The Morgan fingerprint density at radius 3 is 2.83 bits per heavy atom. The van der Waals surface area contributed by atoms with Crippen molar-refractivity contribution < 1.29 is 27.8 Å². The van der Waals surface area contributed by atoms with Crippen LogP contribution in [0, 0.1) is 23.0 Å². The third-order valence-electron chi connectivity index (χ3n) is 6.73. The zero-order chi connectivity index (χ0) is 24.7. The van der Waals surface area contributed by atoms with E-state index in [1.807, 2.05) is 6.07 Å². The van der Waals surface area contributed by atoms with Crippen molar-refractivity contribution in [2.24, 2.45) is 0 Å². The molecule has 10 nitrogen and oxygen atoms in total. The quantitative estimate of drug-likeness (QED) is 0.432. The van der Waals surface area contributed by atoms with Gasteiger partial charge in [0.1, 0.15) is 22.6 Å². The Hall–Kier alpha value is -3.99. The molecule has 0 bridgehead atoms. The predicted molar refractivity (Wildman–Crippen MR) is 123 cm³/mol. The SMILES string of the molecule is N#Cc1c(N)sc2c(F)cnc(-c3c4c(c5cnc(N6C(=O)OC7COCC76)nc5c3F)COC4)c12. The van der Waals surface area contributed by atoms with Gasteiger partial charge in [0.2, 0.25) is 5.95 Å². The molecule has 0 aliphatic carbocycles. The van der Waals surface area contributed by atoms with E-state index in [1.165, 1.54) is 11.1 Å². The van der Waals surface area contributed by atoms with Gasteiger partial charge in [-0.3, -0.25) is 4.98 Å². The number of pyridine rings is 1. The number of nitriles is 1. The number of nitrogens with two attached hydrogens (primary N) is 1. The van der Waals surface area contributed by atoms with E-state index in [0.29, 0.717) is 16.5 Å². The molecule has 4 aromatic rings. The number of halogens is 2. The van der Waals surface area contributed by atoms with Gasteiger partial charge in [-0.25, -0.2) is 28.4 Å². The maximum atomic E-state index is 16.4. The summed E-state index contributed by atoms with van der Waals surface area (Å²) >= 11 is 0.901. The Bertz CT molecular complexity index is 1690. The fourth-order valence-corrected chi connectivity index (χ4v) is 6.00. The summed E-state index contributed by atoms with van der Waals surface area (Å²) < 4.78 is 47.4. The highest BCUT2D eigenvalue weighted by Crippen LogP contribution is 2.45. The Morgan fingerprint density at radius 1 is 1.17 bits per heavy atom. The van der Waals surface area contributed by atoms with Gasteiger partial charge < -0.3 is 19.9 Å². The molecule has 7 rings (SSSR count). The third kappa shape index (κ3) is 2.74. The highest BCUT2D eigenvalue weighted by atomic mass is 32.1. The van der Waals surface area contributed by atoms with Crippen LogP contribution in [0.2, 0.25) is 0 Å². The van der Waals surface area contributed by atoms with E-state index in [-0.39, 0.29) is 69.8 Å². The number of aromatic nitrogens is 3. The van der Waals surface area contributed by atoms with E-state index in [1.54, 1.807) is 0 Å². The molecule has 0 spiro atoms. The average molecular weight is 508 g/mol. The molecule has 2 N–H and O–H groups in total. The highest BCUT2D eigenvalue weighted by Gasteiger charge is 2.48. The molecule has 2 saturated heterocycles. The first-order valence-corrected chi connectivity index (χ1v) is 11.7. The van der Waals surface area contributed by atoms with Crippen molar-refractivity contribution in [2.75, 3.05) is 23.8 Å². The van der Waals surface area contributed by atoms with Crippen molar-refractivity contribution in [2.45, 2.75) is 25.4 Å². The van der Waals surface area contributed by atoms with Crippen molar-refractivity contribution in [3.05, 3.63) is 40.7 Å². The molecule has 1 amide bonds. The summed E-state index contributed by atoms with van der Waals surface area (Å²) in [6.45, 7) is 0.771. The number of carbonyl (C=O) groups excluding carboxylic acids is 1. The zero-order valence-electron chi connectivity index (χ0n) is 18.2. The highest BCUT2D eigenvalue weighted by molar-refractivity contribution is 7.23. The van der Waals surface area contributed by atoms with Crippen LogP contribution in [0.25, 0.3) is 32.2 Å². The molecule has 2 unspecified atom stereocenters. The molecular formula is C23H14F2N6O4S. The largest absolute Gasteiger partial charge is 0.441 e. The summed E-state index contributed by atoms with van der Waals surface area (Å²) in [4.78, 5) is 26.7. The fourth-order valence-electron chi connectivity index (χ4n) is 5.08. The summed E-state index contributed by atoms with van der Waals surface area (Å²) in [5, 5.41) is 10.4. The lowest BCUT2D eigenvalue weighted by Gasteiger charge is -2.18. The monoisotopic (exact) mass is 508 g/mol. The maximum absolute atomic E-state index is 16.4. The van der Waals surface area contributed by atoms with Crippen molar-refractivity contribution in [3.63, 3.8) is 0 Å². The normalized spacial score (nSPS) is 20.7. The first-order valence-electron chi connectivity index (χ1n) is 10.9. The fraction of sp³-hybridized carbons (Fsp3) is 0.261. The van der Waals surface area contributed by atoms with Crippen LogP contribution in [-0.2, 0) is 27.4 Å². The average Bonchev–Trinajstić information content (AvgIpc) is 3.63. The van der Waals surface area contributed by atoms with E-state index < -0.39 is 29.9 Å². The van der Waals surface area contributed by atoms with E-state index >= 15 is 4.39 Å². The van der Waals surface area contributed by atoms with Gasteiger partial charge in [0.05, 0.1) is 48.6 Å². The molecule has 3 aliphatic rings. The van der Waals surface area contributed by atoms with Gasteiger partial charge >= 0.3 is 6.09 Å². The molecule has 3 aliphatic heterocycles. The summed E-state index contributed by atoms with van der Waals surface area (Å²) in [6.07, 6.45) is 1.35. The standard InChI is InChI=1S/C23H14F2N6O4S/c24-12-3-28-19(16-8(1-26)21(27)36-20(12)16)15-11-5-33-4-10(11)9-2-29-22(30-18(9)17(15)25)31-13-6-34-7-14(13)35-23(31)32/h2-3,13-14H,4-7,27H2. The van der Waals surface area contributed by atoms with E-state index in [9.17, 15) is 14.4 Å². The van der Waals surface area contributed by atoms with Crippen molar-refractivity contribution in [1.29, 1.82) is 5.26 Å². The number of carbonyl (C=O) groups is 1. The predicted octanol–water partition coefficient (Wildman–Crippen LogP) is 3.39. The topological polar surface area (TPSA) is 136 Å². The summed E-state index contributed by atoms with van der Waals surface area (Å²) in [5.41, 5.74) is 7.22. The minimum absolute atomic E-state index is 0.0241. The van der Waals surface area contributed by atoms with Gasteiger partial charge in [0, 0.05) is 22.5 Å².